The van der Waals surface area contributed by atoms with Crippen LogP contribution >= 0.6 is 0 Å². The first-order valence-electron chi connectivity index (χ1n) is 13.0. The predicted octanol–water partition coefficient (Wildman–Crippen LogP) is 3.07. The molecule has 9 heteroatoms. The molecule has 0 bridgehead atoms. The van der Waals surface area contributed by atoms with Crippen LogP contribution in [0.15, 0.2) is 48.7 Å². The molecule has 3 atom stereocenters. The number of rotatable bonds is 10. The summed E-state index contributed by atoms with van der Waals surface area (Å²) in [5.41, 5.74) is 3.70. The van der Waals surface area contributed by atoms with Gasteiger partial charge in [-0.3, -0.25) is 9.10 Å². The van der Waals surface area contributed by atoms with Gasteiger partial charge in [0.15, 0.2) is 0 Å². The van der Waals surface area contributed by atoms with Gasteiger partial charge in [0.2, 0.25) is 10.0 Å². The van der Waals surface area contributed by atoms with E-state index in [1.165, 1.54) is 4.31 Å². The number of aryl methyl sites for hydroxylation is 2. The van der Waals surface area contributed by atoms with Gasteiger partial charge in [0.1, 0.15) is 0 Å². The lowest BCUT2D eigenvalue weighted by molar-refractivity contribution is 0.0825. The quantitative estimate of drug-likeness (QED) is 0.377. The van der Waals surface area contributed by atoms with Crippen molar-refractivity contribution in [3.63, 3.8) is 0 Å². The van der Waals surface area contributed by atoms with E-state index in [0.717, 1.165) is 28.5 Å². The number of aromatic nitrogens is 1. The lowest BCUT2D eigenvalue weighted by atomic mass is 9.99. The van der Waals surface area contributed by atoms with E-state index in [2.05, 4.69) is 29.0 Å². The minimum Gasteiger partial charge on any atom is -0.390 e. The molecule has 3 aromatic rings. The number of anilines is 1. The third-order valence-corrected chi connectivity index (χ3v) is 9.15. The van der Waals surface area contributed by atoms with E-state index >= 15 is 0 Å². The maximum absolute atomic E-state index is 13.6. The normalized spacial score (nSPS) is 17.3. The highest BCUT2D eigenvalue weighted by Crippen LogP contribution is 2.36. The average molecular weight is 527 g/mol. The van der Waals surface area contributed by atoms with E-state index < -0.39 is 22.2 Å². The Labute approximate surface area is 219 Å². The number of amides is 1. The van der Waals surface area contributed by atoms with Gasteiger partial charge in [-0.2, -0.15) is 0 Å². The molecule has 1 aliphatic heterocycles. The summed E-state index contributed by atoms with van der Waals surface area (Å²) in [6.07, 6.45) is 3.02. The molecule has 37 heavy (non-hydrogen) atoms. The van der Waals surface area contributed by atoms with Crippen LogP contribution in [0.25, 0.3) is 10.9 Å². The van der Waals surface area contributed by atoms with Gasteiger partial charge >= 0.3 is 0 Å². The largest absolute Gasteiger partial charge is 0.390 e. The Morgan fingerprint density at radius 1 is 1.16 bits per heavy atom. The maximum Gasteiger partial charge on any atom is 0.251 e. The molecule has 1 aliphatic rings. The standard InChI is InChI=1S/C28H38N4O4S/c1-5-19(3)29-17-26(33)23(14-20-10-8-7-9-11-20)30-28(34)22-15-24-27-21(12-13-37(35,36)31(24)4)18-32(6-2)25(27)16-22/h7-11,15-16,18-19,23,26,29,33H,5-6,12-14,17H2,1-4H3,(H,30,34)/t19-,23-,26+/m0/s1. The van der Waals surface area contributed by atoms with Crippen LogP contribution in [0.5, 0.6) is 0 Å². The molecular formula is C28H38N4O4S. The number of nitrogens with zero attached hydrogens (tertiary/aromatic N) is 2. The Hall–Kier alpha value is -2.88. The second-order valence-corrected chi connectivity index (χ2v) is 12.0. The predicted molar refractivity (Wildman–Crippen MR) is 149 cm³/mol. The highest BCUT2D eigenvalue weighted by Gasteiger charge is 2.29. The van der Waals surface area contributed by atoms with Gasteiger partial charge in [0, 0.05) is 43.3 Å². The highest BCUT2D eigenvalue weighted by molar-refractivity contribution is 7.92. The van der Waals surface area contributed by atoms with E-state index in [4.69, 9.17) is 0 Å². The van der Waals surface area contributed by atoms with Crippen LogP contribution in [0.2, 0.25) is 0 Å². The number of hydrogen-bond donors (Lipinski definition) is 3. The number of benzene rings is 2. The van der Waals surface area contributed by atoms with E-state index in [9.17, 15) is 18.3 Å². The second kappa shape index (κ2) is 11.2. The molecule has 1 aromatic heterocycles. The fraction of sp³-hybridized carbons (Fsp3) is 0.464. The first-order chi connectivity index (χ1) is 17.6. The van der Waals surface area contributed by atoms with Crippen LogP contribution in [-0.4, -0.2) is 61.5 Å². The van der Waals surface area contributed by atoms with Crippen LogP contribution in [0.1, 0.15) is 48.7 Å². The zero-order valence-electron chi connectivity index (χ0n) is 22.1. The van der Waals surface area contributed by atoms with Crippen molar-refractivity contribution in [3.05, 3.63) is 65.4 Å². The fourth-order valence-corrected chi connectivity index (χ4v) is 6.05. The summed E-state index contributed by atoms with van der Waals surface area (Å²) in [6, 6.07) is 13.0. The van der Waals surface area contributed by atoms with E-state index in [-0.39, 0.29) is 17.7 Å². The maximum atomic E-state index is 13.6. The Morgan fingerprint density at radius 3 is 2.57 bits per heavy atom. The molecule has 1 amide bonds. The molecule has 0 spiro atoms. The molecule has 0 fully saturated rings. The van der Waals surface area contributed by atoms with Crippen LogP contribution in [-0.2, 0) is 29.4 Å². The number of hydrogen-bond acceptors (Lipinski definition) is 5. The lowest BCUT2D eigenvalue weighted by Crippen LogP contribution is -2.49. The van der Waals surface area contributed by atoms with Gasteiger partial charge in [-0.25, -0.2) is 8.42 Å². The molecular weight excluding hydrogens is 488 g/mol. The summed E-state index contributed by atoms with van der Waals surface area (Å²) < 4.78 is 29.0. The molecule has 4 rings (SSSR count). The average Bonchev–Trinajstić information content (AvgIpc) is 3.23. The number of carbonyl (C=O) groups is 1. The van der Waals surface area contributed by atoms with Crippen molar-refractivity contribution in [2.45, 2.75) is 64.8 Å². The number of aliphatic hydroxyl groups excluding tert-OH is 1. The van der Waals surface area contributed by atoms with Crippen molar-refractivity contribution < 1.29 is 18.3 Å². The van der Waals surface area contributed by atoms with E-state index in [1.807, 2.05) is 49.5 Å². The Kier molecular flexibility index (Phi) is 8.26. The Morgan fingerprint density at radius 2 is 1.89 bits per heavy atom. The zero-order chi connectivity index (χ0) is 26.7. The van der Waals surface area contributed by atoms with E-state index in [1.54, 1.807) is 13.1 Å². The number of sulfonamides is 1. The fourth-order valence-electron chi connectivity index (χ4n) is 4.86. The molecule has 0 aliphatic carbocycles. The first kappa shape index (κ1) is 27.2. The third-order valence-electron chi connectivity index (χ3n) is 7.39. The molecule has 2 aromatic carbocycles. The van der Waals surface area contributed by atoms with Crippen LogP contribution in [0.4, 0.5) is 5.69 Å². The summed E-state index contributed by atoms with van der Waals surface area (Å²) in [5, 5.41) is 18.3. The summed E-state index contributed by atoms with van der Waals surface area (Å²) in [6.45, 7) is 7.21. The van der Waals surface area contributed by atoms with Crippen molar-refractivity contribution in [3.8, 4) is 0 Å². The van der Waals surface area contributed by atoms with Gasteiger partial charge < -0.3 is 20.3 Å². The summed E-state index contributed by atoms with van der Waals surface area (Å²) in [4.78, 5) is 13.6. The second-order valence-electron chi connectivity index (χ2n) is 9.92. The van der Waals surface area contributed by atoms with Gasteiger partial charge in [-0.05, 0) is 56.4 Å². The monoisotopic (exact) mass is 526 g/mol. The van der Waals surface area contributed by atoms with Crippen molar-refractivity contribution in [1.82, 2.24) is 15.2 Å². The SMILES string of the molecule is CC[C@H](C)NC[C@@H](O)[C@H](Cc1ccccc1)NC(=O)c1cc2c3c(cn(CC)c3c1)CCS(=O)(=O)N2C. The molecule has 8 nitrogen and oxygen atoms in total. The summed E-state index contributed by atoms with van der Waals surface area (Å²) in [5.74, 6) is -0.320. The van der Waals surface area contributed by atoms with E-state index in [0.29, 0.717) is 37.2 Å². The third kappa shape index (κ3) is 5.84. The minimum atomic E-state index is -3.50. The van der Waals surface area contributed by atoms with Gasteiger partial charge in [0.25, 0.3) is 5.91 Å². The molecule has 0 radical (unpaired) electrons. The number of aliphatic hydroxyl groups is 1. The number of nitrogens with one attached hydrogen (secondary N) is 2. The van der Waals surface area contributed by atoms with Crippen LogP contribution in [0.3, 0.4) is 0 Å². The topological polar surface area (TPSA) is 104 Å². The van der Waals surface area contributed by atoms with Gasteiger partial charge in [-0.15, -0.1) is 0 Å². The van der Waals surface area contributed by atoms with Crippen molar-refractivity contribution >= 4 is 32.5 Å². The molecule has 3 N–H and O–H groups in total. The summed E-state index contributed by atoms with van der Waals surface area (Å²) >= 11 is 0. The molecule has 0 saturated carbocycles. The first-order valence-corrected chi connectivity index (χ1v) is 14.6. The van der Waals surface area contributed by atoms with Crippen LogP contribution < -0.4 is 14.9 Å². The lowest BCUT2D eigenvalue weighted by Gasteiger charge is -2.26. The van der Waals surface area contributed by atoms with Crippen molar-refractivity contribution in [2.75, 3.05) is 23.7 Å². The smallest absolute Gasteiger partial charge is 0.251 e. The Balaban J connectivity index is 1.68. The number of carbonyl (C=O) groups excluding carboxylic acids is 1. The van der Waals surface area contributed by atoms with Crippen molar-refractivity contribution in [1.29, 1.82) is 0 Å². The van der Waals surface area contributed by atoms with Crippen LogP contribution in [0, 0.1) is 0 Å². The molecule has 2 heterocycles. The van der Waals surface area contributed by atoms with Gasteiger partial charge in [0.05, 0.1) is 29.1 Å². The van der Waals surface area contributed by atoms with Crippen molar-refractivity contribution in [2.24, 2.45) is 0 Å². The molecule has 0 unspecified atom stereocenters. The Bertz CT molecular complexity index is 1350. The minimum absolute atomic E-state index is 0.0249. The highest BCUT2D eigenvalue weighted by atomic mass is 32.2. The van der Waals surface area contributed by atoms with Gasteiger partial charge in [-0.1, -0.05) is 37.3 Å². The molecule has 200 valence electrons. The molecule has 0 saturated heterocycles. The summed E-state index contributed by atoms with van der Waals surface area (Å²) in [7, 11) is -1.95. The zero-order valence-corrected chi connectivity index (χ0v) is 22.9.